The lowest BCUT2D eigenvalue weighted by Gasteiger charge is -2.19. The monoisotopic (exact) mass is 409 g/mol. The molecule has 1 aromatic heterocycles. The van der Waals surface area contributed by atoms with Gasteiger partial charge < -0.3 is 9.47 Å². The molecule has 2 rings (SSSR count). The Kier molecular flexibility index (Phi) is 7.01. The maximum Gasteiger partial charge on any atom is 0.346 e. The molecule has 152 valence electrons. The van der Waals surface area contributed by atoms with Crippen LogP contribution >= 0.6 is 11.6 Å². The molecule has 0 fully saturated rings. The van der Waals surface area contributed by atoms with Gasteiger partial charge in [-0.25, -0.2) is 9.48 Å². The van der Waals surface area contributed by atoms with Gasteiger partial charge in [-0.05, 0) is 51.5 Å². The Balaban J connectivity index is 2.25. The molecule has 8 nitrogen and oxygen atoms in total. The van der Waals surface area contributed by atoms with Gasteiger partial charge in [-0.2, -0.15) is 0 Å². The molecule has 28 heavy (non-hydrogen) atoms. The maximum absolute atomic E-state index is 12.7. The Labute approximate surface area is 168 Å². The topological polar surface area (TPSA) is 92.4 Å². The number of methoxy groups -OCH3 is 1. The molecule has 0 unspecified atom stereocenters. The van der Waals surface area contributed by atoms with Crippen LogP contribution in [0.3, 0.4) is 0 Å². The highest BCUT2D eigenvalue weighted by Gasteiger charge is 2.19. The second-order valence-electron chi connectivity index (χ2n) is 7.19. The Morgan fingerprint density at radius 2 is 1.79 bits per heavy atom. The first-order chi connectivity index (χ1) is 13.1. The summed E-state index contributed by atoms with van der Waals surface area (Å²) in [7, 11) is 1.24. The van der Waals surface area contributed by atoms with Gasteiger partial charge >= 0.3 is 17.6 Å². The molecule has 0 N–H and O–H groups in total. The van der Waals surface area contributed by atoms with E-state index in [1.807, 2.05) is 0 Å². The van der Waals surface area contributed by atoms with Crippen LogP contribution in [0.4, 0.5) is 0 Å². The molecule has 0 aliphatic carbocycles. The van der Waals surface area contributed by atoms with E-state index in [4.69, 9.17) is 16.3 Å². The molecule has 0 spiro atoms. The smallest absolute Gasteiger partial charge is 0.346 e. The fourth-order valence-corrected chi connectivity index (χ4v) is 2.64. The molecular formula is C19H24ClN3O5. The lowest BCUT2D eigenvalue weighted by Crippen LogP contribution is -2.29. The molecule has 0 aliphatic rings. The summed E-state index contributed by atoms with van der Waals surface area (Å²) in [5, 5.41) is 4.81. The summed E-state index contributed by atoms with van der Waals surface area (Å²) in [6.45, 7) is 5.34. The number of halogens is 1. The number of benzene rings is 1. The van der Waals surface area contributed by atoms with Gasteiger partial charge in [-0.3, -0.25) is 14.2 Å². The molecule has 0 saturated carbocycles. The van der Waals surface area contributed by atoms with Crippen LogP contribution in [0.25, 0.3) is 11.4 Å². The Bertz CT molecular complexity index is 894. The number of carbonyl (C=O) groups is 2. The van der Waals surface area contributed by atoms with Gasteiger partial charge in [0.1, 0.15) is 12.1 Å². The van der Waals surface area contributed by atoms with Crippen molar-refractivity contribution in [1.82, 2.24) is 14.3 Å². The summed E-state index contributed by atoms with van der Waals surface area (Å²) in [6, 6.07) is 6.84. The lowest BCUT2D eigenvalue weighted by molar-refractivity contribution is -0.155. The van der Waals surface area contributed by atoms with Gasteiger partial charge in [-0.1, -0.05) is 11.6 Å². The average Bonchev–Trinajstić information content (AvgIpc) is 2.90. The minimum Gasteiger partial charge on any atom is -0.468 e. The van der Waals surface area contributed by atoms with E-state index in [0.29, 0.717) is 22.8 Å². The number of esters is 2. The average molecular weight is 410 g/mol. The van der Waals surface area contributed by atoms with E-state index >= 15 is 0 Å². The van der Waals surface area contributed by atoms with Crippen LogP contribution in [0.1, 0.15) is 33.6 Å². The van der Waals surface area contributed by atoms with Crippen molar-refractivity contribution in [2.24, 2.45) is 0 Å². The number of carbonyl (C=O) groups excluding carboxylic acids is 2. The molecule has 0 saturated heterocycles. The molecule has 0 aliphatic heterocycles. The molecule has 0 bridgehead atoms. The fourth-order valence-electron chi connectivity index (χ4n) is 2.52. The second kappa shape index (κ2) is 9.05. The molecule has 9 heteroatoms. The van der Waals surface area contributed by atoms with E-state index in [2.05, 4.69) is 9.84 Å². The minimum atomic E-state index is -0.580. The normalized spacial score (nSPS) is 11.3. The summed E-state index contributed by atoms with van der Waals surface area (Å²) < 4.78 is 12.4. The lowest BCUT2D eigenvalue weighted by atomic mass is 10.2. The van der Waals surface area contributed by atoms with Crippen molar-refractivity contribution in [2.45, 2.75) is 52.3 Å². The third-order valence-corrected chi connectivity index (χ3v) is 3.97. The second-order valence-corrected chi connectivity index (χ2v) is 7.62. The predicted octanol–water partition coefficient (Wildman–Crippen LogP) is 2.66. The van der Waals surface area contributed by atoms with Crippen LogP contribution in [-0.2, 0) is 32.2 Å². The van der Waals surface area contributed by atoms with E-state index in [9.17, 15) is 14.4 Å². The minimum absolute atomic E-state index is 0.159. The molecule has 0 radical (unpaired) electrons. The van der Waals surface area contributed by atoms with E-state index in [0.717, 1.165) is 4.68 Å². The first-order valence-electron chi connectivity index (χ1n) is 8.83. The van der Waals surface area contributed by atoms with Crippen molar-refractivity contribution in [1.29, 1.82) is 0 Å². The highest BCUT2D eigenvalue weighted by molar-refractivity contribution is 6.30. The van der Waals surface area contributed by atoms with Crippen LogP contribution in [0.15, 0.2) is 29.1 Å². The fraction of sp³-hybridized carbons (Fsp3) is 0.474. The van der Waals surface area contributed by atoms with Crippen molar-refractivity contribution >= 4 is 23.5 Å². The Hall–Kier alpha value is -2.61. The van der Waals surface area contributed by atoms with Crippen LogP contribution < -0.4 is 5.69 Å². The summed E-state index contributed by atoms with van der Waals surface area (Å²) in [5.41, 5.74) is -0.352. The van der Waals surface area contributed by atoms with Gasteiger partial charge in [0.05, 0.1) is 7.11 Å². The number of nitrogens with zero attached hydrogens (tertiary/aromatic N) is 3. The van der Waals surface area contributed by atoms with Gasteiger partial charge in [0, 0.05) is 23.6 Å². The van der Waals surface area contributed by atoms with Gasteiger partial charge in [0.2, 0.25) is 0 Å². The summed E-state index contributed by atoms with van der Waals surface area (Å²) in [4.78, 5) is 36.2. The zero-order valence-corrected chi connectivity index (χ0v) is 17.2. The standard InChI is InChI=1S/C19H24ClN3O5/c1-19(2,3)28-15(24)6-5-11-22-17(13-7-9-14(20)10-8-13)21-23(18(22)26)12-16(25)27-4/h7-10H,5-6,11-12H2,1-4H3. The molecule has 2 aromatic rings. The van der Waals surface area contributed by atoms with E-state index < -0.39 is 17.3 Å². The quantitative estimate of drug-likeness (QED) is 0.653. The largest absolute Gasteiger partial charge is 0.468 e. The van der Waals surface area contributed by atoms with E-state index in [1.54, 1.807) is 45.0 Å². The Morgan fingerprint density at radius 3 is 2.36 bits per heavy atom. The summed E-state index contributed by atoms with van der Waals surface area (Å²) in [6.07, 6.45) is 0.547. The van der Waals surface area contributed by atoms with Crippen molar-refractivity contribution in [3.63, 3.8) is 0 Å². The SMILES string of the molecule is COC(=O)Cn1nc(-c2ccc(Cl)cc2)n(CCCC(=O)OC(C)(C)C)c1=O. The van der Waals surface area contributed by atoms with Crippen molar-refractivity contribution in [3.05, 3.63) is 39.8 Å². The summed E-state index contributed by atoms with van der Waals surface area (Å²) >= 11 is 5.93. The van der Waals surface area contributed by atoms with Crippen molar-refractivity contribution < 1.29 is 19.1 Å². The van der Waals surface area contributed by atoms with Crippen LogP contribution in [0, 0.1) is 0 Å². The molecule has 1 aromatic carbocycles. The number of hydrogen-bond donors (Lipinski definition) is 0. The third-order valence-electron chi connectivity index (χ3n) is 3.71. The molecule has 0 amide bonds. The van der Waals surface area contributed by atoms with E-state index in [1.165, 1.54) is 11.7 Å². The summed E-state index contributed by atoms with van der Waals surface area (Å²) in [5.74, 6) is -0.534. The van der Waals surface area contributed by atoms with Gasteiger partial charge in [0.15, 0.2) is 5.82 Å². The maximum atomic E-state index is 12.7. The molecule has 0 atom stereocenters. The highest BCUT2D eigenvalue weighted by atomic mass is 35.5. The van der Waals surface area contributed by atoms with Crippen molar-refractivity contribution in [2.75, 3.05) is 7.11 Å². The van der Waals surface area contributed by atoms with Crippen LogP contribution in [-0.4, -0.2) is 39.0 Å². The number of hydrogen-bond acceptors (Lipinski definition) is 6. The number of ether oxygens (including phenoxy) is 2. The first kappa shape index (κ1) is 21.7. The zero-order valence-electron chi connectivity index (χ0n) is 16.4. The van der Waals surface area contributed by atoms with E-state index in [-0.39, 0.29) is 25.5 Å². The Morgan fingerprint density at radius 1 is 1.14 bits per heavy atom. The van der Waals surface area contributed by atoms with Crippen molar-refractivity contribution in [3.8, 4) is 11.4 Å². The van der Waals surface area contributed by atoms with Crippen LogP contribution in [0.2, 0.25) is 5.02 Å². The molecule has 1 heterocycles. The number of rotatable bonds is 7. The van der Waals surface area contributed by atoms with Gasteiger partial charge in [-0.15, -0.1) is 5.10 Å². The first-order valence-corrected chi connectivity index (χ1v) is 9.21. The van der Waals surface area contributed by atoms with Gasteiger partial charge in [0.25, 0.3) is 0 Å². The third kappa shape index (κ3) is 5.95. The predicted molar refractivity (Wildman–Crippen MR) is 104 cm³/mol. The highest BCUT2D eigenvalue weighted by Crippen LogP contribution is 2.19. The zero-order chi connectivity index (χ0) is 20.9. The number of aromatic nitrogens is 3. The van der Waals surface area contributed by atoms with Crippen LogP contribution in [0.5, 0.6) is 0 Å². The molecular weight excluding hydrogens is 386 g/mol.